The predicted molar refractivity (Wildman–Crippen MR) is 119 cm³/mol. The van der Waals surface area contributed by atoms with Crippen LogP contribution >= 0.6 is 35.3 Å². The largest absolute Gasteiger partial charge is 0.506 e. The first-order chi connectivity index (χ1) is 13.5. The monoisotopic (exact) mass is 432 g/mol. The summed E-state index contributed by atoms with van der Waals surface area (Å²) in [5, 5.41) is 14.3. The number of para-hydroxylation sites is 2. The van der Waals surface area contributed by atoms with Gasteiger partial charge >= 0.3 is 0 Å². The SMILES string of the molecule is O=C(CCCCCN1C(=O)/C(=C/c2cccs2)SC1=S)Nc1ccccc1O. The molecule has 28 heavy (non-hydrogen) atoms. The Kier molecular flexibility index (Phi) is 7.24. The highest BCUT2D eigenvalue weighted by Crippen LogP contribution is 2.33. The van der Waals surface area contributed by atoms with Crippen LogP contribution in [0.15, 0.2) is 46.7 Å². The minimum Gasteiger partial charge on any atom is -0.506 e. The summed E-state index contributed by atoms with van der Waals surface area (Å²) in [7, 11) is 0. The summed E-state index contributed by atoms with van der Waals surface area (Å²) in [6, 6.07) is 10.6. The molecule has 1 aliphatic rings. The van der Waals surface area contributed by atoms with Gasteiger partial charge in [-0.2, -0.15) is 0 Å². The Morgan fingerprint density at radius 1 is 1.18 bits per heavy atom. The number of carbonyl (C=O) groups excluding carboxylic acids is 2. The molecule has 2 N–H and O–H groups in total. The summed E-state index contributed by atoms with van der Waals surface area (Å²) in [5.41, 5.74) is 0.419. The number of anilines is 1. The quantitative estimate of drug-likeness (QED) is 0.270. The van der Waals surface area contributed by atoms with Crippen molar-refractivity contribution >= 4 is 63.2 Å². The van der Waals surface area contributed by atoms with Crippen LogP contribution < -0.4 is 5.32 Å². The minimum absolute atomic E-state index is 0.0410. The number of aromatic hydroxyl groups is 1. The second-order valence-electron chi connectivity index (χ2n) is 6.22. The zero-order chi connectivity index (χ0) is 19.9. The van der Waals surface area contributed by atoms with Gasteiger partial charge in [0.15, 0.2) is 0 Å². The van der Waals surface area contributed by atoms with Crippen molar-refractivity contribution < 1.29 is 14.7 Å². The van der Waals surface area contributed by atoms with Crippen LogP contribution in [0.3, 0.4) is 0 Å². The molecular weight excluding hydrogens is 412 g/mol. The highest BCUT2D eigenvalue weighted by Gasteiger charge is 2.31. The van der Waals surface area contributed by atoms with Crippen LogP contribution in [-0.2, 0) is 9.59 Å². The first-order valence-corrected chi connectivity index (χ1v) is 11.0. The number of amides is 2. The molecule has 1 aromatic carbocycles. The van der Waals surface area contributed by atoms with E-state index in [1.165, 1.54) is 17.8 Å². The third-order valence-corrected chi connectivity index (χ3v) is 6.35. The number of unbranched alkanes of at least 4 members (excludes halogenated alkanes) is 2. The van der Waals surface area contributed by atoms with Gasteiger partial charge in [-0.15, -0.1) is 11.3 Å². The Balaban J connectivity index is 1.39. The Morgan fingerprint density at radius 3 is 2.75 bits per heavy atom. The standard InChI is InChI=1S/C20H20N2O3S3/c23-16-9-4-3-8-15(16)21-18(24)10-2-1-5-11-22-19(25)17(28-20(22)26)13-14-7-6-12-27-14/h3-4,6-9,12-13,23H,1-2,5,10-11H2,(H,21,24)/b17-13-. The van der Waals surface area contributed by atoms with E-state index in [4.69, 9.17) is 12.2 Å². The number of phenolic OH excluding ortho intramolecular Hbond substituents is 1. The van der Waals surface area contributed by atoms with E-state index < -0.39 is 0 Å². The van der Waals surface area contributed by atoms with Crippen molar-refractivity contribution in [1.29, 1.82) is 0 Å². The zero-order valence-electron chi connectivity index (χ0n) is 15.1. The first kappa shape index (κ1) is 20.6. The first-order valence-electron chi connectivity index (χ1n) is 8.91. The number of nitrogens with zero attached hydrogens (tertiary/aromatic N) is 1. The van der Waals surface area contributed by atoms with Crippen LogP contribution in [0.5, 0.6) is 5.75 Å². The zero-order valence-corrected chi connectivity index (χ0v) is 17.5. The molecule has 0 bridgehead atoms. The molecule has 1 aliphatic heterocycles. The molecule has 1 aromatic heterocycles. The lowest BCUT2D eigenvalue weighted by atomic mass is 10.1. The van der Waals surface area contributed by atoms with Crippen molar-refractivity contribution in [3.8, 4) is 5.75 Å². The Labute approximate surface area is 177 Å². The molecule has 3 rings (SSSR count). The summed E-state index contributed by atoms with van der Waals surface area (Å²) in [4.78, 5) is 27.8. The van der Waals surface area contributed by atoms with Crippen LogP contribution in [0.25, 0.3) is 6.08 Å². The molecule has 8 heteroatoms. The topological polar surface area (TPSA) is 69.6 Å². The van der Waals surface area contributed by atoms with Crippen LogP contribution in [-0.4, -0.2) is 32.7 Å². The smallest absolute Gasteiger partial charge is 0.266 e. The van der Waals surface area contributed by atoms with E-state index in [9.17, 15) is 14.7 Å². The number of thiophene rings is 1. The van der Waals surface area contributed by atoms with Crippen LogP contribution in [0.1, 0.15) is 30.6 Å². The maximum absolute atomic E-state index is 12.5. The van der Waals surface area contributed by atoms with E-state index in [0.717, 1.165) is 17.7 Å². The summed E-state index contributed by atoms with van der Waals surface area (Å²) < 4.78 is 0.588. The molecule has 0 atom stereocenters. The van der Waals surface area contributed by atoms with Crippen molar-refractivity contribution in [2.75, 3.05) is 11.9 Å². The summed E-state index contributed by atoms with van der Waals surface area (Å²) in [5.74, 6) is -0.118. The molecule has 1 fully saturated rings. The van der Waals surface area contributed by atoms with E-state index >= 15 is 0 Å². The van der Waals surface area contributed by atoms with Gasteiger partial charge in [0, 0.05) is 17.8 Å². The van der Waals surface area contributed by atoms with E-state index in [1.807, 2.05) is 23.6 Å². The molecule has 2 amide bonds. The lowest BCUT2D eigenvalue weighted by molar-refractivity contribution is -0.122. The Hall–Kier alpha value is -2.16. The fourth-order valence-electron chi connectivity index (χ4n) is 2.72. The van der Waals surface area contributed by atoms with Gasteiger partial charge in [-0.1, -0.05) is 48.6 Å². The molecule has 5 nitrogen and oxygen atoms in total. The molecule has 0 radical (unpaired) electrons. The van der Waals surface area contributed by atoms with E-state index in [0.29, 0.717) is 34.3 Å². The Bertz CT molecular complexity index is 894. The van der Waals surface area contributed by atoms with E-state index in [1.54, 1.807) is 34.4 Å². The average Bonchev–Trinajstić information content (AvgIpc) is 3.27. The molecule has 146 valence electrons. The number of thiocarbonyl (C=S) groups is 1. The fraction of sp³-hybridized carbons (Fsp3) is 0.250. The van der Waals surface area contributed by atoms with Gasteiger partial charge in [0.05, 0.1) is 10.6 Å². The number of hydrogen-bond acceptors (Lipinski definition) is 6. The number of hydrogen-bond donors (Lipinski definition) is 2. The van der Waals surface area contributed by atoms with Gasteiger partial charge in [-0.05, 0) is 42.5 Å². The van der Waals surface area contributed by atoms with Crippen molar-refractivity contribution in [2.24, 2.45) is 0 Å². The van der Waals surface area contributed by atoms with E-state index in [2.05, 4.69) is 5.32 Å². The van der Waals surface area contributed by atoms with Crippen molar-refractivity contribution in [1.82, 2.24) is 4.90 Å². The lowest BCUT2D eigenvalue weighted by Crippen LogP contribution is -2.29. The fourth-order valence-corrected chi connectivity index (χ4v) is 4.75. The summed E-state index contributed by atoms with van der Waals surface area (Å²) >= 11 is 8.26. The van der Waals surface area contributed by atoms with Crippen LogP contribution in [0.4, 0.5) is 5.69 Å². The van der Waals surface area contributed by atoms with Crippen LogP contribution in [0.2, 0.25) is 0 Å². The van der Waals surface area contributed by atoms with Crippen molar-refractivity contribution in [3.05, 3.63) is 51.6 Å². The highest BCUT2D eigenvalue weighted by molar-refractivity contribution is 8.26. The normalized spacial score (nSPS) is 15.4. The molecule has 2 aromatic rings. The molecule has 2 heterocycles. The van der Waals surface area contributed by atoms with Gasteiger partial charge in [-0.25, -0.2) is 0 Å². The lowest BCUT2D eigenvalue weighted by Gasteiger charge is -2.14. The molecule has 0 saturated carbocycles. The molecule has 0 aliphatic carbocycles. The number of nitrogens with one attached hydrogen (secondary N) is 1. The van der Waals surface area contributed by atoms with Crippen molar-refractivity contribution in [2.45, 2.75) is 25.7 Å². The van der Waals surface area contributed by atoms with Crippen molar-refractivity contribution in [3.63, 3.8) is 0 Å². The Morgan fingerprint density at radius 2 is 2.00 bits per heavy atom. The maximum Gasteiger partial charge on any atom is 0.266 e. The number of benzene rings is 1. The van der Waals surface area contributed by atoms with Gasteiger partial charge in [0.1, 0.15) is 10.1 Å². The maximum atomic E-state index is 12.5. The molecule has 0 unspecified atom stereocenters. The third kappa shape index (κ3) is 5.43. The highest BCUT2D eigenvalue weighted by atomic mass is 32.2. The van der Waals surface area contributed by atoms with E-state index in [-0.39, 0.29) is 17.6 Å². The van der Waals surface area contributed by atoms with Gasteiger partial charge in [-0.3, -0.25) is 14.5 Å². The number of thioether (sulfide) groups is 1. The molecular formula is C20H20N2O3S3. The number of rotatable bonds is 8. The second kappa shape index (κ2) is 9.86. The summed E-state index contributed by atoms with van der Waals surface area (Å²) in [6.45, 7) is 0.563. The molecule has 1 saturated heterocycles. The van der Waals surface area contributed by atoms with Gasteiger partial charge < -0.3 is 10.4 Å². The number of carbonyl (C=O) groups is 2. The average molecular weight is 433 g/mol. The summed E-state index contributed by atoms with van der Waals surface area (Å²) in [6.07, 6.45) is 4.55. The minimum atomic E-state index is -0.133. The molecule has 0 spiro atoms. The third-order valence-electron chi connectivity index (χ3n) is 4.15. The predicted octanol–water partition coefficient (Wildman–Crippen LogP) is 4.85. The van der Waals surface area contributed by atoms with Gasteiger partial charge in [0.2, 0.25) is 5.91 Å². The second-order valence-corrected chi connectivity index (χ2v) is 8.88. The number of phenols is 1. The van der Waals surface area contributed by atoms with Crippen LogP contribution in [0, 0.1) is 0 Å². The van der Waals surface area contributed by atoms with Gasteiger partial charge in [0.25, 0.3) is 5.91 Å².